The molecule has 3 atom stereocenters. The van der Waals surface area contributed by atoms with Gasteiger partial charge in [0.2, 0.25) is 0 Å². The van der Waals surface area contributed by atoms with Gasteiger partial charge < -0.3 is 15.0 Å². The number of aryl methyl sites for hydroxylation is 1. The topological polar surface area (TPSA) is 40.1 Å². The standard InChI is InChI=1S/C22H33F3N4O.HI/c1-16-6-8-18(9-7-16)20-19(5-4-14-30-20)15-27-21(26-3)29-12-10-28(11-13-29)17(2)22(23,24)25;/h6-9,17,19-20H,4-5,10-15H2,1-3H3,(H,26,27);1H. The minimum absolute atomic E-state index is 0. The lowest BCUT2D eigenvalue weighted by Crippen LogP contribution is -2.57. The zero-order valence-corrected chi connectivity index (χ0v) is 20.8. The molecule has 5 nitrogen and oxygen atoms in total. The predicted octanol–water partition coefficient (Wildman–Crippen LogP) is 4.22. The van der Waals surface area contributed by atoms with Gasteiger partial charge in [-0.05, 0) is 32.3 Å². The molecule has 0 amide bonds. The molecule has 1 aromatic rings. The van der Waals surface area contributed by atoms with Crippen LogP contribution in [-0.2, 0) is 4.74 Å². The summed E-state index contributed by atoms with van der Waals surface area (Å²) in [5.41, 5.74) is 2.42. The van der Waals surface area contributed by atoms with Gasteiger partial charge in [-0.1, -0.05) is 29.8 Å². The van der Waals surface area contributed by atoms with Crippen molar-refractivity contribution >= 4 is 29.9 Å². The minimum Gasteiger partial charge on any atom is -0.373 e. The average molecular weight is 554 g/mol. The van der Waals surface area contributed by atoms with Crippen molar-refractivity contribution in [1.82, 2.24) is 15.1 Å². The van der Waals surface area contributed by atoms with Gasteiger partial charge in [0.05, 0.1) is 6.10 Å². The summed E-state index contributed by atoms with van der Waals surface area (Å²) in [6.45, 7) is 6.61. The minimum atomic E-state index is -4.19. The van der Waals surface area contributed by atoms with Crippen LogP contribution in [0.1, 0.15) is 37.0 Å². The molecule has 31 heavy (non-hydrogen) atoms. The number of nitrogens with zero attached hydrogens (tertiary/aromatic N) is 3. The van der Waals surface area contributed by atoms with Gasteiger partial charge in [-0.15, -0.1) is 24.0 Å². The molecule has 9 heteroatoms. The van der Waals surface area contributed by atoms with E-state index >= 15 is 0 Å². The van der Waals surface area contributed by atoms with Crippen molar-refractivity contribution in [3.63, 3.8) is 0 Å². The van der Waals surface area contributed by atoms with Crippen molar-refractivity contribution < 1.29 is 17.9 Å². The van der Waals surface area contributed by atoms with Crippen molar-refractivity contribution in [1.29, 1.82) is 0 Å². The van der Waals surface area contributed by atoms with Crippen LogP contribution in [0.3, 0.4) is 0 Å². The van der Waals surface area contributed by atoms with Crippen molar-refractivity contribution in [2.24, 2.45) is 10.9 Å². The summed E-state index contributed by atoms with van der Waals surface area (Å²) < 4.78 is 45.0. The molecule has 2 fully saturated rings. The first-order valence-electron chi connectivity index (χ1n) is 10.7. The number of hydrogen-bond donors (Lipinski definition) is 1. The predicted molar refractivity (Wildman–Crippen MR) is 128 cm³/mol. The highest BCUT2D eigenvalue weighted by Gasteiger charge is 2.41. The van der Waals surface area contributed by atoms with Crippen molar-refractivity contribution in [2.45, 2.75) is 45.0 Å². The van der Waals surface area contributed by atoms with Gasteiger partial charge in [-0.25, -0.2) is 0 Å². The average Bonchev–Trinajstić information content (AvgIpc) is 2.74. The van der Waals surface area contributed by atoms with E-state index in [4.69, 9.17) is 4.74 Å². The van der Waals surface area contributed by atoms with Crippen LogP contribution in [0.25, 0.3) is 0 Å². The van der Waals surface area contributed by atoms with E-state index in [9.17, 15) is 13.2 Å². The van der Waals surface area contributed by atoms with Crippen molar-refractivity contribution in [3.05, 3.63) is 35.4 Å². The van der Waals surface area contributed by atoms with Crippen molar-refractivity contribution in [3.8, 4) is 0 Å². The largest absolute Gasteiger partial charge is 0.403 e. The van der Waals surface area contributed by atoms with Gasteiger partial charge in [0.1, 0.15) is 6.04 Å². The first kappa shape index (κ1) is 26.2. The fourth-order valence-electron chi connectivity index (χ4n) is 4.26. The van der Waals surface area contributed by atoms with Crippen LogP contribution in [0, 0.1) is 12.8 Å². The fourth-order valence-corrected chi connectivity index (χ4v) is 4.26. The number of hydrogen-bond acceptors (Lipinski definition) is 3. The molecule has 3 unspecified atom stereocenters. The third-order valence-electron chi connectivity index (χ3n) is 6.22. The molecule has 1 N–H and O–H groups in total. The molecule has 0 spiro atoms. The van der Waals surface area contributed by atoms with E-state index in [0.29, 0.717) is 32.1 Å². The van der Waals surface area contributed by atoms with Crippen LogP contribution in [0.4, 0.5) is 13.2 Å². The number of benzene rings is 1. The summed E-state index contributed by atoms with van der Waals surface area (Å²) in [7, 11) is 1.72. The van der Waals surface area contributed by atoms with Crippen LogP contribution >= 0.6 is 24.0 Å². The number of guanidine groups is 1. The van der Waals surface area contributed by atoms with E-state index in [0.717, 1.165) is 32.0 Å². The van der Waals surface area contributed by atoms with Gasteiger partial charge in [-0.3, -0.25) is 9.89 Å². The third kappa shape index (κ3) is 6.95. The normalized spacial score (nSPS) is 24.5. The number of halogens is 4. The highest BCUT2D eigenvalue weighted by Crippen LogP contribution is 2.33. The van der Waals surface area contributed by atoms with Crippen molar-refractivity contribution in [2.75, 3.05) is 46.4 Å². The Hall–Kier alpha value is -1.07. The Balaban J connectivity index is 0.00000341. The van der Waals surface area contributed by atoms with Crippen LogP contribution in [-0.4, -0.2) is 74.4 Å². The van der Waals surface area contributed by atoms with Gasteiger partial charge >= 0.3 is 6.18 Å². The Morgan fingerprint density at radius 2 is 1.84 bits per heavy atom. The molecule has 176 valence electrons. The lowest BCUT2D eigenvalue weighted by Gasteiger charge is -2.40. The summed E-state index contributed by atoms with van der Waals surface area (Å²) in [5.74, 6) is 1.08. The monoisotopic (exact) mass is 554 g/mol. The molecule has 2 saturated heterocycles. The smallest absolute Gasteiger partial charge is 0.373 e. The second kappa shape index (κ2) is 11.7. The molecule has 0 bridgehead atoms. The Morgan fingerprint density at radius 3 is 2.42 bits per heavy atom. The first-order valence-corrected chi connectivity index (χ1v) is 10.7. The Labute approximate surface area is 200 Å². The summed E-state index contributed by atoms with van der Waals surface area (Å²) in [6.07, 6.45) is -2.04. The Bertz CT molecular complexity index is 706. The number of rotatable bonds is 4. The van der Waals surface area contributed by atoms with Crippen LogP contribution < -0.4 is 5.32 Å². The van der Waals surface area contributed by atoms with E-state index < -0.39 is 12.2 Å². The second-order valence-corrected chi connectivity index (χ2v) is 8.27. The van der Waals surface area contributed by atoms with Gasteiger partial charge in [0, 0.05) is 52.3 Å². The quantitative estimate of drug-likeness (QED) is 0.344. The number of ether oxygens (including phenoxy) is 1. The highest BCUT2D eigenvalue weighted by atomic mass is 127. The van der Waals surface area contributed by atoms with Crippen LogP contribution in [0.15, 0.2) is 29.3 Å². The molecule has 2 aliphatic rings. The molecule has 0 radical (unpaired) electrons. The molecule has 0 saturated carbocycles. The highest BCUT2D eigenvalue weighted by molar-refractivity contribution is 14.0. The van der Waals surface area contributed by atoms with Crippen LogP contribution in [0.5, 0.6) is 0 Å². The zero-order valence-electron chi connectivity index (χ0n) is 18.5. The molecular weight excluding hydrogens is 520 g/mol. The molecule has 0 aromatic heterocycles. The van der Waals surface area contributed by atoms with E-state index in [2.05, 4.69) is 41.5 Å². The number of piperazine rings is 1. The van der Waals surface area contributed by atoms with Gasteiger partial charge in [0.25, 0.3) is 0 Å². The molecule has 1 aromatic carbocycles. The van der Waals surface area contributed by atoms with Gasteiger partial charge in [-0.2, -0.15) is 13.2 Å². The summed E-state index contributed by atoms with van der Waals surface area (Å²) >= 11 is 0. The Kier molecular flexibility index (Phi) is 9.88. The lowest BCUT2D eigenvalue weighted by atomic mass is 9.89. The molecular formula is C22H34F3IN4O. The number of aliphatic imine (C=N–C) groups is 1. The summed E-state index contributed by atoms with van der Waals surface area (Å²) in [6, 6.07) is 7.07. The lowest BCUT2D eigenvalue weighted by molar-refractivity contribution is -0.181. The van der Waals surface area contributed by atoms with E-state index in [1.54, 1.807) is 7.05 Å². The zero-order chi connectivity index (χ0) is 21.7. The maximum absolute atomic E-state index is 13.0. The number of alkyl halides is 3. The molecule has 3 rings (SSSR count). The maximum atomic E-state index is 13.0. The van der Waals surface area contributed by atoms with Gasteiger partial charge in [0.15, 0.2) is 5.96 Å². The second-order valence-electron chi connectivity index (χ2n) is 8.27. The summed E-state index contributed by atoms with van der Waals surface area (Å²) in [4.78, 5) is 7.91. The maximum Gasteiger partial charge on any atom is 0.403 e. The molecule has 2 aliphatic heterocycles. The first-order chi connectivity index (χ1) is 14.3. The number of nitrogens with one attached hydrogen (secondary N) is 1. The van der Waals surface area contributed by atoms with E-state index in [1.165, 1.54) is 23.0 Å². The Morgan fingerprint density at radius 1 is 1.19 bits per heavy atom. The third-order valence-corrected chi connectivity index (χ3v) is 6.22. The van der Waals surface area contributed by atoms with E-state index in [1.807, 2.05) is 4.90 Å². The van der Waals surface area contributed by atoms with Crippen LogP contribution in [0.2, 0.25) is 0 Å². The molecule has 0 aliphatic carbocycles. The fraction of sp³-hybridized carbons (Fsp3) is 0.682. The van der Waals surface area contributed by atoms with E-state index in [-0.39, 0.29) is 30.1 Å². The summed E-state index contributed by atoms with van der Waals surface area (Å²) in [5, 5.41) is 3.45. The molecule has 2 heterocycles. The SMILES string of the molecule is CN=C(NCC1CCCOC1c1ccc(C)cc1)N1CCN(C(C)C(F)(F)F)CC1.I.